The van der Waals surface area contributed by atoms with E-state index < -0.39 is 0 Å². The van der Waals surface area contributed by atoms with Crippen molar-refractivity contribution in [1.82, 2.24) is 9.78 Å². The van der Waals surface area contributed by atoms with Crippen LogP contribution in [0.25, 0.3) is 5.69 Å². The second-order valence-corrected chi connectivity index (χ2v) is 10.5. The first-order chi connectivity index (χ1) is 20.7. The maximum absolute atomic E-state index is 5.88. The van der Waals surface area contributed by atoms with Crippen LogP contribution in [0, 0.1) is 6.92 Å². The number of para-hydroxylation sites is 3. The monoisotopic (exact) mass is 552 g/mol. The molecule has 0 saturated heterocycles. The molecular weight excluding hydrogens is 520 g/mol. The van der Waals surface area contributed by atoms with Gasteiger partial charge in [0.05, 0.1) is 35.4 Å². The number of nitrogens with one attached hydrogen (secondary N) is 1. The summed E-state index contributed by atoms with van der Waals surface area (Å²) in [6.45, 7) is 4.95. The van der Waals surface area contributed by atoms with Crippen LogP contribution in [0.5, 0.6) is 5.75 Å². The highest BCUT2D eigenvalue weighted by Gasteiger charge is 2.41. The summed E-state index contributed by atoms with van der Waals surface area (Å²) < 4.78 is 7.83. The highest BCUT2D eigenvalue weighted by Crippen LogP contribution is 2.48. The van der Waals surface area contributed by atoms with Crippen LogP contribution in [0.4, 0.5) is 22.9 Å². The Bertz CT molecular complexity index is 1770. The number of hydrogen-bond donors (Lipinski definition) is 1. The molecule has 0 aliphatic carbocycles. The van der Waals surface area contributed by atoms with Crippen molar-refractivity contribution >= 4 is 34.6 Å². The number of unbranched alkanes of at least 4 members (excludes halogenated alkanes) is 1. The van der Waals surface area contributed by atoms with Crippen molar-refractivity contribution in [1.29, 1.82) is 0 Å². The first-order valence-corrected chi connectivity index (χ1v) is 14.5. The standard InChI is InChI=1S/C35H32N6O/c1-3-4-23-42-28-21-19-26(20-22-28)36-33-35-38-34-31(24(2)39-41(34)27-15-9-6-10-16-27)32(25-13-7-5-8-14-25)40(35)30-18-12-11-17-29(30)37-33/h5-22,32H,3-4,23H2,1-2H3,(H,36,37). The Balaban J connectivity index is 1.38. The van der Waals surface area contributed by atoms with Gasteiger partial charge in [-0.2, -0.15) is 5.10 Å². The van der Waals surface area contributed by atoms with E-state index >= 15 is 0 Å². The smallest absolute Gasteiger partial charge is 0.179 e. The van der Waals surface area contributed by atoms with E-state index in [1.165, 1.54) is 0 Å². The quantitative estimate of drug-likeness (QED) is 0.207. The van der Waals surface area contributed by atoms with Gasteiger partial charge in [-0.3, -0.25) is 0 Å². The van der Waals surface area contributed by atoms with Gasteiger partial charge in [-0.05, 0) is 67.4 Å². The van der Waals surface area contributed by atoms with E-state index in [0.29, 0.717) is 5.84 Å². The number of rotatable bonds is 7. The molecule has 1 atom stereocenters. The van der Waals surface area contributed by atoms with E-state index in [4.69, 9.17) is 19.8 Å². The van der Waals surface area contributed by atoms with Crippen molar-refractivity contribution in [2.24, 2.45) is 9.98 Å². The van der Waals surface area contributed by atoms with Crippen molar-refractivity contribution in [3.63, 3.8) is 0 Å². The van der Waals surface area contributed by atoms with Crippen LogP contribution >= 0.6 is 0 Å². The van der Waals surface area contributed by atoms with Crippen molar-refractivity contribution in [2.45, 2.75) is 32.7 Å². The molecule has 4 aromatic carbocycles. The summed E-state index contributed by atoms with van der Waals surface area (Å²) in [7, 11) is 0. The van der Waals surface area contributed by atoms with Gasteiger partial charge in [0.1, 0.15) is 5.75 Å². The normalized spacial score (nSPS) is 15.2. The fourth-order valence-corrected chi connectivity index (χ4v) is 5.60. The molecule has 0 fully saturated rings. The van der Waals surface area contributed by atoms with Gasteiger partial charge in [-0.1, -0.05) is 74.0 Å². The zero-order valence-electron chi connectivity index (χ0n) is 23.7. The summed E-state index contributed by atoms with van der Waals surface area (Å²) in [5.74, 6) is 3.10. The fraction of sp³-hybridized carbons (Fsp3) is 0.171. The third-order valence-corrected chi connectivity index (χ3v) is 7.64. The number of aliphatic imine (C=N–C) groups is 2. The number of aryl methyl sites for hydroxylation is 1. The lowest BCUT2D eigenvalue weighted by molar-refractivity contribution is 0.309. The van der Waals surface area contributed by atoms with Crippen LogP contribution in [-0.4, -0.2) is 28.1 Å². The van der Waals surface area contributed by atoms with E-state index in [1.807, 2.05) is 53.2 Å². The molecule has 1 aromatic heterocycles. The van der Waals surface area contributed by atoms with Crippen molar-refractivity contribution in [3.8, 4) is 11.4 Å². The minimum absolute atomic E-state index is 0.144. The lowest BCUT2D eigenvalue weighted by Gasteiger charge is -2.40. The molecule has 1 unspecified atom stereocenters. The highest BCUT2D eigenvalue weighted by molar-refractivity contribution is 6.51. The predicted molar refractivity (Wildman–Crippen MR) is 170 cm³/mol. The Morgan fingerprint density at radius 1 is 0.810 bits per heavy atom. The molecule has 2 aliphatic heterocycles. The first kappa shape index (κ1) is 25.8. The van der Waals surface area contributed by atoms with Crippen LogP contribution in [0.15, 0.2) is 119 Å². The predicted octanol–water partition coefficient (Wildman–Crippen LogP) is 8.15. The number of amidine groups is 2. The van der Waals surface area contributed by atoms with Gasteiger partial charge in [0, 0.05) is 11.3 Å². The Morgan fingerprint density at radius 3 is 2.29 bits per heavy atom. The molecule has 5 aromatic rings. The molecule has 0 bridgehead atoms. The number of hydrogen-bond acceptors (Lipinski definition) is 6. The number of anilines is 2. The van der Waals surface area contributed by atoms with Gasteiger partial charge in [-0.25, -0.2) is 14.7 Å². The van der Waals surface area contributed by atoms with Crippen LogP contribution < -0.4 is 15.0 Å². The molecule has 42 heavy (non-hydrogen) atoms. The van der Waals surface area contributed by atoms with E-state index in [-0.39, 0.29) is 6.04 Å². The lowest BCUT2D eigenvalue weighted by Crippen LogP contribution is -2.46. The minimum atomic E-state index is -0.144. The molecule has 0 saturated carbocycles. The summed E-state index contributed by atoms with van der Waals surface area (Å²) in [5, 5.41) is 8.59. The Labute approximate surface area is 245 Å². The maximum Gasteiger partial charge on any atom is 0.179 e. The molecule has 208 valence electrons. The molecule has 0 amide bonds. The van der Waals surface area contributed by atoms with Gasteiger partial charge in [0.15, 0.2) is 17.5 Å². The third kappa shape index (κ3) is 4.63. The molecule has 7 rings (SSSR count). The summed E-state index contributed by atoms with van der Waals surface area (Å²) in [6, 6.07) is 36.9. The summed E-state index contributed by atoms with van der Waals surface area (Å²) in [6.07, 6.45) is 2.14. The van der Waals surface area contributed by atoms with Crippen molar-refractivity contribution in [2.75, 3.05) is 16.8 Å². The van der Waals surface area contributed by atoms with Gasteiger partial charge < -0.3 is 15.0 Å². The number of benzene rings is 4. The number of fused-ring (bicyclic) bond motifs is 4. The largest absolute Gasteiger partial charge is 0.494 e. The number of aromatic nitrogens is 2. The molecule has 7 heteroatoms. The summed E-state index contributed by atoms with van der Waals surface area (Å²) in [5.41, 5.74) is 6.95. The maximum atomic E-state index is 5.88. The molecule has 3 heterocycles. The molecule has 7 nitrogen and oxygen atoms in total. The zero-order chi connectivity index (χ0) is 28.5. The van der Waals surface area contributed by atoms with E-state index in [1.54, 1.807) is 0 Å². The van der Waals surface area contributed by atoms with E-state index in [2.05, 4.69) is 84.7 Å². The second-order valence-electron chi connectivity index (χ2n) is 10.5. The summed E-state index contributed by atoms with van der Waals surface area (Å²) in [4.78, 5) is 12.7. The Kier molecular flexibility index (Phi) is 6.76. The van der Waals surface area contributed by atoms with Crippen LogP contribution in [0.2, 0.25) is 0 Å². The fourth-order valence-electron chi connectivity index (χ4n) is 5.60. The average molecular weight is 553 g/mol. The summed E-state index contributed by atoms with van der Waals surface area (Å²) >= 11 is 0. The minimum Gasteiger partial charge on any atom is -0.494 e. The topological polar surface area (TPSA) is 67.0 Å². The SMILES string of the molecule is CCCCOc1ccc(NC2=Nc3ccccc3N3C2=Nc2c(c(C)nn2-c2ccccc2)C3c2ccccc2)cc1. The Hall–Kier alpha value is -5.17. The van der Waals surface area contributed by atoms with Gasteiger partial charge in [-0.15, -0.1) is 0 Å². The second kappa shape index (κ2) is 11.0. The van der Waals surface area contributed by atoms with Crippen molar-refractivity contribution < 1.29 is 4.74 Å². The number of nitrogens with zero attached hydrogens (tertiary/aromatic N) is 5. The lowest BCUT2D eigenvalue weighted by atomic mass is 9.93. The van der Waals surface area contributed by atoms with Gasteiger partial charge in [0.25, 0.3) is 0 Å². The van der Waals surface area contributed by atoms with Gasteiger partial charge in [0.2, 0.25) is 0 Å². The molecule has 2 aliphatic rings. The molecule has 1 N–H and O–H groups in total. The highest BCUT2D eigenvalue weighted by atomic mass is 16.5. The van der Waals surface area contributed by atoms with Crippen LogP contribution in [-0.2, 0) is 0 Å². The third-order valence-electron chi connectivity index (χ3n) is 7.64. The average Bonchev–Trinajstić information content (AvgIpc) is 3.37. The Morgan fingerprint density at radius 2 is 1.52 bits per heavy atom. The van der Waals surface area contributed by atoms with E-state index in [0.717, 1.165) is 76.4 Å². The van der Waals surface area contributed by atoms with Crippen LogP contribution in [0.3, 0.4) is 0 Å². The first-order valence-electron chi connectivity index (χ1n) is 14.5. The van der Waals surface area contributed by atoms with E-state index in [9.17, 15) is 0 Å². The van der Waals surface area contributed by atoms with Crippen LogP contribution in [0.1, 0.15) is 42.6 Å². The molecule has 0 spiro atoms. The van der Waals surface area contributed by atoms with Crippen molar-refractivity contribution in [3.05, 3.63) is 126 Å². The molecular formula is C35H32N6O. The van der Waals surface area contributed by atoms with Gasteiger partial charge >= 0.3 is 0 Å². The molecule has 0 radical (unpaired) electrons. The zero-order valence-corrected chi connectivity index (χ0v) is 23.7. The number of ether oxygens (including phenoxy) is 1.